The van der Waals surface area contributed by atoms with Gasteiger partial charge in [-0.05, 0) is 103 Å². The van der Waals surface area contributed by atoms with E-state index >= 15 is 0 Å². The Morgan fingerprint density at radius 2 is 0.301 bits per heavy atom. The van der Waals surface area contributed by atoms with E-state index in [1.54, 1.807) is 0 Å². The number of carbonyl (C=O) groups is 4. The summed E-state index contributed by atoms with van der Waals surface area (Å²) >= 11 is 19.0. The molecule has 0 saturated heterocycles. The molecule has 0 aliphatic carbocycles. The standard InChI is InChI=1S/4C24H46O2S.2CH4.H2S.2Sn/c4*1-2-3-4-5-6-7-8-9-10-11-12-13-14-15-16-17-18-19-20-21-24(25)26-22-23-27;;;;;/h4*5-6,27H,2-4,7-23H2,1H3;2*1H4;1H2;;/q;;;;;;;2*+2/p-4/b4*6-5+;;;;;. The van der Waals surface area contributed by atoms with Gasteiger partial charge in [0.2, 0.25) is 0 Å². The largest absolute Gasteiger partial charge is 2.00 e. The zero-order chi connectivity index (χ0) is 79.4. The second kappa shape index (κ2) is 128. The smallest absolute Gasteiger partial charge is 0.789 e. The molecule has 668 valence electrons. The normalized spacial score (nSPS) is 10.8. The van der Waals surface area contributed by atoms with E-state index in [-0.39, 0.29) is 100 Å². The third kappa shape index (κ3) is 136. The van der Waals surface area contributed by atoms with Crippen LogP contribution in [0.5, 0.6) is 0 Å². The zero-order valence-electron chi connectivity index (χ0n) is 73.6. The summed E-state index contributed by atoms with van der Waals surface area (Å²) in [6.07, 6.45) is 111. The fraction of sp³-hybridized carbons (Fsp3) is 0.878. The first-order chi connectivity index (χ1) is 53.2. The first-order valence-corrected chi connectivity index (χ1v) is 49.1. The number of hydrogen-bond donors (Lipinski definition) is 0. The van der Waals surface area contributed by atoms with Gasteiger partial charge in [-0.3, -0.25) is 19.2 Å². The number of hydrogen-bond acceptors (Lipinski definition) is 12. The molecule has 0 aliphatic rings. The van der Waals surface area contributed by atoms with Gasteiger partial charge in [0.25, 0.3) is 0 Å². The van der Waals surface area contributed by atoms with Crippen molar-refractivity contribution in [3.63, 3.8) is 0 Å². The quantitative estimate of drug-likeness (QED) is 0.0145. The molecule has 0 aromatic rings. The molecule has 0 aromatic carbocycles. The van der Waals surface area contributed by atoms with Crippen LogP contribution < -0.4 is 0 Å². The van der Waals surface area contributed by atoms with E-state index in [9.17, 15) is 19.2 Å². The Hall–Kier alpha value is 0.187. The summed E-state index contributed by atoms with van der Waals surface area (Å²) in [7, 11) is 0. The van der Waals surface area contributed by atoms with Crippen molar-refractivity contribution >= 4 is 136 Å². The molecule has 8 nitrogen and oxygen atoms in total. The minimum atomic E-state index is -0.0803. The molecule has 15 heteroatoms. The average molecular weight is 1890 g/mol. The molecule has 0 heterocycles. The minimum Gasteiger partial charge on any atom is -0.789 e. The number of carbonyl (C=O) groups excluding carboxylic acids is 4. The number of rotatable bonds is 84. The first kappa shape index (κ1) is 131. The summed E-state index contributed by atoms with van der Waals surface area (Å²) in [5, 5.41) is 0. The summed E-state index contributed by atoms with van der Waals surface area (Å²) in [6.45, 7) is 10.6. The summed E-state index contributed by atoms with van der Waals surface area (Å²) < 4.78 is 19.9. The van der Waals surface area contributed by atoms with Gasteiger partial charge in [0.1, 0.15) is 0 Å². The van der Waals surface area contributed by atoms with Crippen LogP contribution in [0.25, 0.3) is 0 Å². The van der Waals surface area contributed by atoms with Gasteiger partial charge in [-0.25, -0.2) is 0 Å². The van der Waals surface area contributed by atoms with Crippen LogP contribution in [0.3, 0.4) is 0 Å². The van der Waals surface area contributed by atoms with Crippen LogP contribution in [-0.4, -0.2) is 121 Å². The molecule has 113 heavy (non-hydrogen) atoms. The molecule has 0 atom stereocenters. The summed E-state index contributed by atoms with van der Waals surface area (Å²) in [5.41, 5.74) is 0. The zero-order valence-corrected chi connectivity index (χ0v) is 83.6. The van der Waals surface area contributed by atoms with Crippen LogP contribution in [0, 0.1) is 0 Å². The van der Waals surface area contributed by atoms with Crippen LogP contribution in [0.4, 0.5) is 0 Å². The van der Waals surface area contributed by atoms with Crippen LogP contribution in [0.1, 0.15) is 505 Å². The topological polar surface area (TPSA) is 105 Å². The van der Waals surface area contributed by atoms with Crippen LogP contribution in [-0.2, 0) is 88.6 Å². The van der Waals surface area contributed by atoms with Crippen molar-refractivity contribution in [1.29, 1.82) is 0 Å². The summed E-state index contributed by atoms with van der Waals surface area (Å²) in [4.78, 5) is 45.3. The molecule has 0 rings (SSSR count). The molecule has 0 amide bonds. The van der Waals surface area contributed by atoms with Gasteiger partial charge in [-0.15, -0.1) is 23.0 Å². The molecule has 0 bridgehead atoms. The van der Waals surface area contributed by atoms with E-state index < -0.39 is 0 Å². The van der Waals surface area contributed by atoms with E-state index in [0.29, 0.717) is 75.1 Å². The summed E-state index contributed by atoms with van der Waals surface area (Å²) in [5.74, 6) is 1.69. The fourth-order valence-electron chi connectivity index (χ4n) is 13.0. The van der Waals surface area contributed by atoms with Crippen molar-refractivity contribution in [1.82, 2.24) is 0 Å². The fourth-order valence-corrected chi connectivity index (χ4v) is 13.4. The Labute approximate surface area is 769 Å². The van der Waals surface area contributed by atoms with Crippen molar-refractivity contribution in [2.45, 2.75) is 505 Å². The molecular formula is C98H190O8S5Sn2. The molecule has 0 spiro atoms. The van der Waals surface area contributed by atoms with Gasteiger partial charge >= 0.3 is 71.7 Å². The van der Waals surface area contributed by atoms with E-state index in [1.165, 1.54) is 385 Å². The van der Waals surface area contributed by atoms with Crippen molar-refractivity contribution in [3.8, 4) is 0 Å². The Kier molecular flexibility index (Phi) is 148. The maximum atomic E-state index is 11.3. The Morgan fingerprint density at radius 3 is 0.416 bits per heavy atom. The molecule has 0 fully saturated rings. The van der Waals surface area contributed by atoms with E-state index in [4.69, 9.17) is 69.5 Å². The van der Waals surface area contributed by atoms with E-state index in [2.05, 4.69) is 76.3 Å². The van der Waals surface area contributed by atoms with Gasteiger partial charge in [0.15, 0.2) is 0 Å². The molecule has 0 aromatic heterocycles. The van der Waals surface area contributed by atoms with Crippen molar-refractivity contribution in [3.05, 3.63) is 48.6 Å². The SMILES string of the molecule is C.C.CCCC/C=C/CCCCCCCCCCCCCCCC(=O)OCC[S-].CCCC/C=C/CCCCCCCCCCCCCCCC(=O)OCC[S-].CCCC/C=C/CCCCCCCCCCCCCCCC(=O)OCC[S-].CCCC/C=C/CCCCCCCCCCCCCCCC(=O)OCC[S-].S.[Sn+2].[Sn+2]. The summed E-state index contributed by atoms with van der Waals surface area (Å²) in [6, 6.07) is 0. The number of allylic oxidation sites excluding steroid dienone is 8. The van der Waals surface area contributed by atoms with Crippen molar-refractivity contribution in [2.75, 3.05) is 49.4 Å². The van der Waals surface area contributed by atoms with Gasteiger partial charge in [0, 0.05) is 25.7 Å². The predicted octanol–water partition coefficient (Wildman–Crippen LogP) is 31.3. The Morgan fingerprint density at radius 1 is 0.195 bits per heavy atom. The second-order valence-corrected chi connectivity index (χ2v) is 32.3. The van der Waals surface area contributed by atoms with Gasteiger partial charge in [-0.2, -0.15) is 13.5 Å². The number of ether oxygens (including phenoxy) is 4. The van der Waals surface area contributed by atoms with Crippen LogP contribution in [0.2, 0.25) is 0 Å². The Bertz CT molecular complexity index is 1590. The second-order valence-electron chi connectivity index (χ2n) is 30.7. The first-order valence-electron chi connectivity index (χ1n) is 46.8. The van der Waals surface area contributed by atoms with E-state index in [0.717, 1.165) is 51.4 Å². The average Bonchev–Trinajstić information content (AvgIpc) is 1.34. The maximum Gasteiger partial charge on any atom is 2.00 e. The van der Waals surface area contributed by atoms with E-state index in [1.807, 2.05) is 0 Å². The minimum absolute atomic E-state index is 0. The molecule has 0 unspecified atom stereocenters. The molecule has 0 N–H and O–H groups in total. The number of esters is 4. The third-order valence-electron chi connectivity index (χ3n) is 20.0. The molecule has 0 saturated carbocycles. The van der Waals surface area contributed by atoms with Gasteiger partial charge in [-0.1, -0.05) is 425 Å². The van der Waals surface area contributed by atoms with Gasteiger partial charge < -0.3 is 69.5 Å². The Balaban J connectivity index is -0.000000180. The van der Waals surface area contributed by atoms with Crippen molar-refractivity contribution in [2.24, 2.45) is 0 Å². The third-order valence-corrected chi connectivity index (χ3v) is 20.6. The maximum absolute atomic E-state index is 11.3. The molecule has 0 aliphatic heterocycles. The van der Waals surface area contributed by atoms with Crippen LogP contribution in [0.15, 0.2) is 48.6 Å². The number of unbranched alkanes of at least 4 members (excludes halogenated alkanes) is 60. The van der Waals surface area contributed by atoms with Crippen LogP contribution >= 0.6 is 13.5 Å². The monoisotopic (exact) mass is 1900 g/mol. The van der Waals surface area contributed by atoms with Crippen molar-refractivity contribution < 1.29 is 38.1 Å². The molecular weight excluding hydrogens is 1700 g/mol. The van der Waals surface area contributed by atoms with Gasteiger partial charge in [0.05, 0.1) is 26.4 Å². The molecule has 4 radical (unpaired) electrons. The predicted molar refractivity (Wildman–Crippen MR) is 520 cm³/mol.